The van der Waals surface area contributed by atoms with Gasteiger partial charge in [-0.1, -0.05) is 12.1 Å². The van der Waals surface area contributed by atoms with Gasteiger partial charge in [0.25, 0.3) is 11.8 Å². The maximum Gasteiger partial charge on any atom is 0.251 e. The topological polar surface area (TPSA) is 77.6 Å². The van der Waals surface area contributed by atoms with E-state index >= 15 is 0 Å². The Morgan fingerprint density at radius 2 is 1.64 bits per heavy atom. The fraction of sp³-hybridized carbons (Fsp3) is 0.125. The first kappa shape index (κ1) is 13.9. The van der Waals surface area contributed by atoms with Crippen molar-refractivity contribution < 1.29 is 19.0 Å². The highest BCUT2D eigenvalue weighted by Gasteiger charge is 2.16. The molecule has 2 aromatic carbocycles. The molecule has 1 heterocycles. The number of rotatable bonds is 4. The molecule has 0 atom stereocenters. The molecule has 3 aromatic rings. The molecule has 6 heteroatoms. The highest BCUT2D eigenvalue weighted by atomic mass is 16.5. The first-order valence-electron chi connectivity index (χ1n) is 6.57. The number of methoxy groups -OCH3 is 2. The van der Waals surface area contributed by atoms with Crippen molar-refractivity contribution in [3.8, 4) is 40.2 Å². The first-order valence-corrected chi connectivity index (χ1v) is 6.57. The molecule has 0 unspecified atom stereocenters. The number of nitrogens with zero attached hydrogens (tertiary/aromatic N) is 2. The van der Waals surface area contributed by atoms with Crippen LogP contribution < -0.4 is 9.47 Å². The van der Waals surface area contributed by atoms with Crippen LogP contribution in [0.15, 0.2) is 46.9 Å². The fourth-order valence-corrected chi connectivity index (χ4v) is 2.08. The van der Waals surface area contributed by atoms with Crippen LogP contribution in [0.1, 0.15) is 0 Å². The zero-order valence-corrected chi connectivity index (χ0v) is 12.1. The number of phenolic OH excluding ortho intramolecular Hbond substituents is 1. The van der Waals surface area contributed by atoms with Crippen molar-refractivity contribution in [2.75, 3.05) is 14.2 Å². The number of para-hydroxylation sites is 1. The minimum Gasteiger partial charge on any atom is -0.507 e. The van der Waals surface area contributed by atoms with Gasteiger partial charge >= 0.3 is 0 Å². The molecule has 6 nitrogen and oxygen atoms in total. The summed E-state index contributed by atoms with van der Waals surface area (Å²) in [7, 11) is 3.10. The molecule has 0 saturated heterocycles. The van der Waals surface area contributed by atoms with Crippen molar-refractivity contribution in [1.82, 2.24) is 10.2 Å². The largest absolute Gasteiger partial charge is 0.507 e. The SMILES string of the molecule is COc1ccc(-c2nnc(-c3ccccc3OC)o2)c(O)c1. The van der Waals surface area contributed by atoms with Gasteiger partial charge in [0.15, 0.2) is 0 Å². The lowest BCUT2D eigenvalue weighted by atomic mass is 10.2. The average Bonchev–Trinajstić information content (AvgIpc) is 3.04. The molecule has 1 N–H and O–H groups in total. The molecule has 0 saturated carbocycles. The third-order valence-corrected chi connectivity index (χ3v) is 3.20. The number of aromatic nitrogens is 2. The summed E-state index contributed by atoms with van der Waals surface area (Å²) in [6.07, 6.45) is 0. The molecule has 0 radical (unpaired) electrons. The lowest BCUT2D eigenvalue weighted by Gasteiger charge is -2.04. The standard InChI is InChI=1S/C16H14N2O4/c1-20-10-7-8-11(13(19)9-10)15-17-18-16(22-15)12-5-3-4-6-14(12)21-2/h3-9,19H,1-2H3. The molecule has 112 valence electrons. The molecule has 0 aliphatic heterocycles. The summed E-state index contributed by atoms with van der Waals surface area (Å²) >= 11 is 0. The van der Waals surface area contributed by atoms with Crippen molar-refractivity contribution >= 4 is 0 Å². The maximum absolute atomic E-state index is 10.0. The predicted molar refractivity (Wildman–Crippen MR) is 79.9 cm³/mol. The highest BCUT2D eigenvalue weighted by molar-refractivity contribution is 5.67. The third-order valence-electron chi connectivity index (χ3n) is 3.20. The van der Waals surface area contributed by atoms with Gasteiger partial charge in [-0.05, 0) is 24.3 Å². The molecular formula is C16H14N2O4. The molecule has 0 fully saturated rings. The molecule has 0 amide bonds. The maximum atomic E-state index is 10.0. The van der Waals surface area contributed by atoms with Gasteiger partial charge in [-0.25, -0.2) is 0 Å². The van der Waals surface area contributed by atoms with Crippen LogP contribution in [0.2, 0.25) is 0 Å². The summed E-state index contributed by atoms with van der Waals surface area (Å²) in [4.78, 5) is 0. The zero-order chi connectivity index (χ0) is 15.5. The summed E-state index contributed by atoms with van der Waals surface area (Å²) in [5.74, 6) is 1.74. The molecule has 1 aromatic heterocycles. The van der Waals surface area contributed by atoms with Gasteiger partial charge < -0.3 is 19.0 Å². The minimum absolute atomic E-state index is 0.00887. The van der Waals surface area contributed by atoms with Crippen LogP contribution in [-0.2, 0) is 0 Å². The number of hydrogen-bond donors (Lipinski definition) is 1. The molecule has 0 aliphatic carbocycles. The molecule has 0 spiro atoms. The van der Waals surface area contributed by atoms with Crippen molar-refractivity contribution in [1.29, 1.82) is 0 Å². The van der Waals surface area contributed by atoms with Crippen LogP contribution in [0.25, 0.3) is 22.9 Å². The van der Waals surface area contributed by atoms with Gasteiger partial charge in [0.1, 0.15) is 17.2 Å². The van der Waals surface area contributed by atoms with E-state index in [-0.39, 0.29) is 11.6 Å². The Bertz CT molecular complexity index is 798. The number of phenols is 1. The average molecular weight is 298 g/mol. The van der Waals surface area contributed by atoms with Crippen LogP contribution >= 0.6 is 0 Å². The normalized spacial score (nSPS) is 10.5. The molecule has 0 aliphatic rings. The van der Waals surface area contributed by atoms with Gasteiger partial charge in [0, 0.05) is 6.07 Å². The Kier molecular flexibility index (Phi) is 3.65. The van der Waals surface area contributed by atoms with Crippen molar-refractivity contribution in [2.45, 2.75) is 0 Å². The monoisotopic (exact) mass is 298 g/mol. The van der Waals surface area contributed by atoms with E-state index in [1.54, 1.807) is 19.2 Å². The highest BCUT2D eigenvalue weighted by Crippen LogP contribution is 2.34. The third kappa shape index (κ3) is 2.46. The fourth-order valence-electron chi connectivity index (χ4n) is 2.08. The van der Waals surface area contributed by atoms with E-state index in [0.29, 0.717) is 28.5 Å². The van der Waals surface area contributed by atoms with E-state index in [1.165, 1.54) is 13.2 Å². The Labute approximate surface area is 126 Å². The van der Waals surface area contributed by atoms with Crippen molar-refractivity contribution in [2.24, 2.45) is 0 Å². The van der Waals surface area contributed by atoms with Crippen molar-refractivity contribution in [3.05, 3.63) is 42.5 Å². The van der Waals surface area contributed by atoms with Gasteiger partial charge in [0.05, 0.1) is 25.3 Å². The molecule has 3 rings (SSSR count). The van der Waals surface area contributed by atoms with E-state index in [1.807, 2.05) is 24.3 Å². The first-order chi connectivity index (χ1) is 10.7. The van der Waals surface area contributed by atoms with Crippen LogP contribution in [0.5, 0.6) is 17.2 Å². The lowest BCUT2D eigenvalue weighted by Crippen LogP contribution is -1.87. The Morgan fingerprint density at radius 1 is 0.909 bits per heavy atom. The minimum atomic E-state index is 0.00887. The second-order valence-corrected chi connectivity index (χ2v) is 4.50. The number of aromatic hydroxyl groups is 1. The Hall–Kier alpha value is -3.02. The molecular weight excluding hydrogens is 284 g/mol. The quantitative estimate of drug-likeness (QED) is 0.797. The number of hydrogen-bond acceptors (Lipinski definition) is 6. The zero-order valence-electron chi connectivity index (χ0n) is 12.1. The smallest absolute Gasteiger partial charge is 0.251 e. The summed E-state index contributed by atoms with van der Waals surface area (Å²) < 4.78 is 16.0. The number of ether oxygens (including phenoxy) is 2. The lowest BCUT2D eigenvalue weighted by molar-refractivity contribution is 0.407. The van der Waals surface area contributed by atoms with Gasteiger partial charge in [-0.2, -0.15) is 0 Å². The van der Waals surface area contributed by atoms with E-state index in [0.717, 1.165) is 0 Å². The van der Waals surface area contributed by atoms with Gasteiger partial charge in [0.2, 0.25) is 0 Å². The van der Waals surface area contributed by atoms with Gasteiger partial charge in [-0.15, -0.1) is 10.2 Å². The predicted octanol–water partition coefficient (Wildman–Crippen LogP) is 3.13. The molecule has 0 bridgehead atoms. The molecule has 22 heavy (non-hydrogen) atoms. The van der Waals surface area contributed by atoms with E-state index < -0.39 is 0 Å². The van der Waals surface area contributed by atoms with Crippen LogP contribution in [0.3, 0.4) is 0 Å². The summed E-state index contributed by atoms with van der Waals surface area (Å²) in [6.45, 7) is 0. The summed E-state index contributed by atoms with van der Waals surface area (Å²) in [5, 5.41) is 18.0. The van der Waals surface area contributed by atoms with E-state index in [2.05, 4.69) is 10.2 Å². The van der Waals surface area contributed by atoms with Crippen LogP contribution in [-0.4, -0.2) is 29.5 Å². The summed E-state index contributed by atoms with van der Waals surface area (Å²) in [5.41, 5.74) is 1.13. The van der Waals surface area contributed by atoms with E-state index in [9.17, 15) is 5.11 Å². The second-order valence-electron chi connectivity index (χ2n) is 4.50. The van der Waals surface area contributed by atoms with E-state index in [4.69, 9.17) is 13.9 Å². The van der Waals surface area contributed by atoms with Crippen molar-refractivity contribution in [3.63, 3.8) is 0 Å². The Balaban J connectivity index is 2.01. The summed E-state index contributed by atoms with van der Waals surface area (Å²) in [6, 6.07) is 12.2. The van der Waals surface area contributed by atoms with Crippen LogP contribution in [0.4, 0.5) is 0 Å². The van der Waals surface area contributed by atoms with Gasteiger partial charge in [-0.3, -0.25) is 0 Å². The second kappa shape index (κ2) is 5.77. The van der Waals surface area contributed by atoms with Crippen LogP contribution in [0, 0.1) is 0 Å². The Morgan fingerprint density at radius 3 is 2.32 bits per heavy atom. The number of benzene rings is 2.